The first-order valence-corrected chi connectivity index (χ1v) is 6.06. The Kier molecular flexibility index (Phi) is 4.58. The van der Waals surface area contributed by atoms with E-state index < -0.39 is 0 Å². The molecule has 1 saturated heterocycles. The van der Waals surface area contributed by atoms with Crippen molar-refractivity contribution in [2.24, 2.45) is 5.92 Å². The van der Waals surface area contributed by atoms with E-state index in [0.29, 0.717) is 6.04 Å². The van der Waals surface area contributed by atoms with Gasteiger partial charge in [0.25, 0.3) is 0 Å². The Balaban J connectivity index is 2.52. The number of piperidine rings is 1. The molecule has 0 aliphatic carbocycles. The fourth-order valence-corrected chi connectivity index (χ4v) is 2.06. The number of amides is 1. The SMILES string of the molecule is CCC1CCNC(C(=O)N(C)C(C)C)C1. The third kappa shape index (κ3) is 3.20. The van der Waals surface area contributed by atoms with E-state index in [2.05, 4.69) is 26.1 Å². The fraction of sp³-hybridized carbons (Fsp3) is 0.917. The number of carbonyl (C=O) groups is 1. The number of likely N-dealkylation sites (N-methyl/N-ethyl adjacent to an activating group) is 1. The van der Waals surface area contributed by atoms with E-state index in [1.807, 2.05) is 11.9 Å². The minimum absolute atomic E-state index is 0.0519. The molecule has 0 aromatic carbocycles. The molecule has 1 fully saturated rings. The van der Waals surface area contributed by atoms with Gasteiger partial charge >= 0.3 is 0 Å². The highest BCUT2D eigenvalue weighted by Gasteiger charge is 2.28. The Morgan fingerprint density at radius 1 is 1.53 bits per heavy atom. The number of nitrogens with zero attached hydrogens (tertiary/aromatic N) is 1. The van der Waals surface area contributed by atoms with Crippen LogP contribution in [0.25, 0.3) is 0 Å². The highest BCUT2D eigenvalue weighted by molar-refractivity contribution is 5.82. The lowest BCUT2D eigenvalue weighted by Crippen LogP contribution is -2.50. The molecule has 1 aliphatic rings. The standard InChI is InChI=1S/C12H24N2O/c1-5-10-6-7-13-11(8-10)12(15)14(4)9(2)3/h9-11,13H,5-8H2,1-4H3. The summed E-state index contributed by atoms with van der Waals surface area (Å²) in [5.74, 6) is 0.976. The van der Waals surface area contributed by atoms with Gasteiger partial charge in [-0.1, -0.05) is 13.3 Å². The summed E-state index contributed by atoms with van der Waals surface area (Å²) >= 11 is 0. The highest BCUT2D eigenvalue weighted by atomic mass is 16.2. The topological polar surface area (TPSA) is 32.3 Å². The Morgan fingerprint density at radius 2 is 2.20 bits per heavy atom. The molecule has 1 heterocycles. The van der Waals surface area contributed by atoms with Crippen LogP contribution in [0.5, 0.6) is 0 Å². The Morgan fingerprint density at radius 3 is 2.73 bits per heavy atom. The van der Waals surface area contributed by atoms with Crippen LogP contribution in [-0.2, 0) is 4.79 Å². The zero-order chi connectivity index (χ0) is 11.4. The molecule has 0 radical (unpaired) electrons. The van der Waals surface area contributed by atoms with Crippen LogP contribution in [0.1, 0.15) is 40.0 Å². The Bertz CT molecular complexity index is 216. The number of nitrogens with one attached hydrogen (secondary N) is 1. The smallest absolute Gasteiger partial charge is 0.239 e. The van der Waals surface area contributed by atoms with E-state index in [4.69, 9.17) is 0 Å². The molecule has 2 unspecified atom stereocenters. The molecule has 88 valence electrons. The van der Waals surface area contributed by atoms with E-state index >= 15 is 0 Å². The van der Waals surface area contributed by atoms with Gasteiger partial charge < -0.3 is 10.2 Å². The number of hydrogen-bond acceptors (Lipinski definition) is 2. The molecule has 1 N–H and O–H groups in total. The summed E-state index contributed by atoms with van der Waals surface area (Å²) in [6.07, 6.45) is 3.41. The average Bonchev–Trinajstić information content (AvgIpc) is 2.27. The number of hydrogen-bond donors (Lipinski definition) is 1. The second-order valence-corrected chi connectivity index (χ2v) is 4.85. The van der Waals surface area contributed by atoms with Gasteiger partial charge in [-0.2, -0.15) is 0 Å². The molecule has 1 aliphatic heterocycles. The number of carbonyl (C=O) groups excluding carboxylic acids is 1. The van der Waals surface area contributed by atoms with Crippen molar-refractivity contribution in [3.63, 3.8) is 0 Å². The van der Waals surface area contributed by atoms with Crippen LogP contribution < -0.4 is 5.32 Å². The monoisotopic (exact) mass is 212 g/mol. The highest BCUT2D eigenvalue weighted by Crippen LogP contribution is 2.20. The lowest BCUT2D eigenvalue weighted by molar-refractivity contribution is -0.134. The molecule has 3 heteroatoms. The molecular formula is C12H24N2O. The molecule has 0 spiro atoms. The first-order valence-electron chi connectivity index (χ1n) is 6.06. The van der Waals surface area contributed by atoms with Gasteiger partial charge in [-0.25, -0.2) is 0 Å². The van der Waals surface area contributed by atoms with Crippen LogP contribution in [0, 0.1) is 5.92 Å². The Labute approximate surface area is 93.2 Å². The van der Waals surface area contributed by atoms with Crippen molar-refractivity contribution >= 4 is 5.91 Å². The summed E-state index contributed by atoms with van der Waals surface area (Å²) in [5, 5.41) is 3.33. The van der Waals surface area contributed by atoms with E-state index in [0.717, 1.165) is 18.9 Å². The maximum atomic E-state index is 12.1. The molecule has 3 nitrogen and oxygen atoms in total. The van der Waals surface area contributed by atoms with Gasteiger partial charge in [-0.05, 0) is 39.2 Å². The largest absolute Gasteiger partial charge is 0.342 e. The predicted molar refractivity (Wildman–Crippen MR) is 62.7 cm³/mol. The lowest BCUT2D eigenvalue weighted by atomic mass is 9.90. The normalized spacial score (nSPS) is 26.7. The first-order chi connectivity index (χ1) is 7.06. The quantitative estimate of drug-likeness (QED) is 0.771. The summed E-state index contributed by atoms with van der Waals surface area (Å²) in [4.78, 5) is 13.9. The van der Waals surface area contributed by atoms with Crippen LogP contribution in [0.4, 0.5) is 0 Å². The van der Waals surface area contributed by atoms with E-state index in [-0.39, 0.29) is 11.9 Å². The van der Waals surface area contributed by atoms with Gasteiger partial charge in [0.15, 0.2) is 0 Å². The molecule has 1 amide bonds. The molecule has 1 rings (SSSR count). The van der Waals surface area contributed by atoms with Crippen LogP contribution in [0.15, 0.2) is 0 Å². The van der Waals surface area contributed by atoms with Crippen molar-refractivity contribution in [3.05, 3.63) is 0 Å². The zero-order valence-corrected chi connectivity index (χ0v) is 10.4. The molecule has 2 atom stereocenters. The zero-order valence-electron chi connectivity index (χ0n) is 10.4. The van der Waals surface area contributed by atoms with Crippen molar-refractivity contribution in [2.75, 3.05) is 13.6 Å². The summed E-state index contributed by atoms with van der Waals surface area (Å²) in [6, 6.07) is 0.345. The van der Waals surface area contributed by atoms with Gasteiger partial charge in [0.05, 0.1) is 6.04 Å². The van der Waals surface area contributed by atoms with Gasteiger partial charge in [0, 0.05) is 13.1 Å². The van der Waals surface area contributed by atoms with Gasteiger partial charge in [-0.15, -0.1) is 0 Å². The molecule has 0 aromatic heterocycles. The maximum Gasteiger partial charge on any atom is 0.239 e. The minimum atomic E-state index is 0.0519. The third-order valence-corrected chi connectivity index (χ3v) is 3.51. The van der Waals surface area contributed by atoms with Crippen LogP contribution >= 0.6 is 0 Å². The van der Waals surface area contributed by atoms with Crippen molar-refractivity contribution in [1.29, 1.82) is 0 Å². The Hall–Kier alpha value is -0.570. The van der Waals surface area contributed by atoms with Crippen molar-refractivity contribution < 1.29 is 4.79 Å². The van der Waals surface area contributed by atoms with E-state index in [9.17, 15) is 4.79 Å². The van der Waals surface area contributed by atoms with Gasteiger partial charge in [-0.3, -0.25) is 4.79 Å². The summed E-state index contributed by atoms with van der Waals surface area (Å²) in [6.45, 7) is 7.31. The second kappa shape index (κ2) is 5.50. The van der Waals surface area contributed by atoms with Crippen molar-refractivity contribution in [2.45, 2.75) is 52.1 Å². The van der Waals surface area contributed by atoms with Gasteiger partial charge in [0.2, 0.25) is 5.91 Å². The number of rotatable bonds is 3. The molecular weight excluding hydrogens is 188 g/mol. The first kappa shape index (κ1) is 12.5. The van der Waals surface area contributed by atoms with Crippen LogP contribution in [0.3, 0.4) is 0 Å². The average molecular weight is 212 g/mol. The lowest BCUT2D eigenvalue weighted by Gasteiger charge is -2.33. The fourth-order valence-electron chi connectivity index (χ4n) is 2.06. The molecule has 15 heavy (non-hydrogen) atoms. The third-order valence-electron chi connectivity index (χ3n) is 3.51. The predicted octanol–water partition coefficient (Wildman–Crippen LogP) is 1.63. The second-order valence-electron chi connectivity index (χ2n) is 4.85. The van der Waals surface area contributed by atoms with E-state index in [1.165, 1.54) is 12.8 Å². The molecule has 0 saturated carbocycles. The summed E-state index contributed by atoms with van der Waals surface area (Å²) in [7, 11) is 1.89. The van der Waals surface area contributed by atoms with Gasteiger partial charge in [0.1, 0.15) is 0 Å². The van der Waals surface area contributed by atoms with E-state index in [1.54, 1.807) is 0 Å². The van der Waals surface area contributed by atoms with Crippen molar-refractivity contribution in [1.82, 2.24) is 10.2 Å². The minimum Gasteiger partial charge on any atom is -0.342 e. The molecule has 0 bridgehead atoms. The summed E-state index contributed by atoms with van der Waals surface area (Å²) < 4.78 is 0. The maximum absolute atomic E-state index is 12.1. The van der Waals surface area contributed by atoms with Crippen molar-refractivity contribution in [3.8, 4) is 0 Å². The van der Waals surface area contributed by atoms with Crippen LogP contribution in [-0.4, -0.2) is 36.5 Å². The van der Waals surface area contributed by atoms with Crippen LogP contribution in [0.2, 0.25) is 0 Å². The molecule has 0 aromatic rings. The summed E-state index contributed by atoms with van der Waals surface area (Å²) in [5.41, 5.74) is 0.